The summed E-state index contributed by atoms with van der Waals surface area (Å²) in [5.41, 5.74) is -1.06. The van der Waals surface area contributed by atoms with E-state index < -0.39 is 29.7 Å². The van der Waals surface area contributed by atoms with E-state index in [4.69, 9.17) is 4.74 Å². The van der Waals surface area contributed by atoms with Crippen molar-refractivity contribution in [3.8, 4) is 0 Å². The second kappa shape index (κ2) is 19.1. The smallest absolute Gasteiger partial charge is 0.416 e. The van der Waals surface area contributed by atoms with Crippen LogP contribution in [-0.2, 0) is 15.7 Å². The monoisotopic (exact) mass is 513 g/mol. The number of esters is 1. The fourth-order valence-corrected chi connectivity index (χ4v) is 4.12. The molecule has 0 bridgehead atoms. The molecule has 1 aromatic rings. The van der Waals surface area contributed by atoms with E-state index >= 15 is 0 Å². The summed E-state index contributed by atoms with van der Waals surface area (Å²) in [7, 11) is 0. The predicted molar refractivity (Wildman–Crippen MR) is 139 cm³/mol. The molecule has 0 spiro atoms. The summed E-state index contributed by atoms with van der Waals surface area (Å²) in [5.74, 6) is -1.33. The Morgan fingerprint density at radius 2 is 1.28 bits per heavy atom. The highest BCUT2D eigenvalue weighted by atomic mass is 19.4. The van der Waals surface area contributed by atoms with Gasteiger partial charge in [-0.2, -0.15) is 13.2 Å². The zero-order chi connectivity index (χ0) is 26.7. The number of hydrogen-bond acceptors (Lipinski definition) is 3. The second-order valence-corrected chi connectivity index (χ2v) is 9.74. The largest absolute Gasteiger partial charge is 0.464 e. The molecule has 1 rings (SSSR count). The van der Waals surface area contributed by atoms with Gasteiger partial charge in [-0.05, 0) is 31.5 Å². The van der Waals surface area contributed by atoms with Crippen molar-refractivity contribution >= 4 is 11.9 Å². The van der Waals surface area contributed by atoms with E-state index in [0.717, 1.165) is 37.5 Å². The van der Waals surface area contributed by atoms with Crippen molar-refractivity contribution in [3.05, 3.63) is 35.4 Å². The zero-order valence-corrected chi connectivity index (χ0v) is 22.3. The highest BCUT2D eigenvalue weighted by Gasteiger charge is 2.31. The average Bonchev–Trinajstić information content (AvgIpc) is 2.85. The number of carbonyl (C=O) groups is 2. The van der Waals surface area contributed by atoms with Gasteiger partial charge < -0.3 is 10.1 Å². The van der Waals surface area contributed by atoms with E-state index in [1.165, 1.54) is 96.5 Å². The molecule has 1 N–H and O–H groups in total. The summed E-state index contributed by atoms with van der Waals surface area (Å²) >= 11 is 0. The van der Waals surface area contributed by atoms with Crippen molar-refractivity contribution in [1.82, 2.24) is 5.32 Å². The Morgan fingerprint density at radius 1 is 0.806 bits per heavy atom. The molecule has 0 heterocycles. The van der Waals surface area contributed by atoms with Crippen molar-refractivity contribution in [2.75, 3.05) is 6.61 Å². The summed E-state index contributed by atoms with van der Waals surface area (Å²) in [4.78, 5) is 24.3. The molecule has 1 amide bonds. The van der Waals surface area contributed by atoms with Crippen LogP contribution in [0.2, 0.25) is 0 Å². The summed E-state index contributed by atoms with van der Waals surface area (Å²) < 4.78 is 43.6. The van der Waals surface area contributed by atoms with Gasteiger partial charge in [0.25, 0.3) is 5.91 Å². The number of rotatable bonds is 20. The Bertz CT molecular complexity index is 737. The molecular formula is C29H46F3NO3. The number of carbonyl (C=O) groups excluding carboxylic acids is 2. The number of benzene rings is 1. The fraction of sp³-hybridized carbons (Fsp3) is 0.724. The van der Waals surface area contributed by atoms with Crippen LogP contribution in [0.1, 0.15) is 133 Å². The van der Waals surface area contributed by atoms with Gasteiger partial charge in [0.2, 0.25) is 0 Å². The molecule has 0 fully saturated rings. The Kier molecular flexibility index (Phi) is 17.0. The molecule has 0 saturated carbocycles. The number of alkyl halides is 3. The molecule has 1 atom stereocenters. The van der Waals surface area contributed by atoms with Crippen LogP contribution in [0.4, 0.5) is 13.2 Å². The van der Waals surface area contributed by atoms with Crippen LogP contribution in [0.3, 0.4) is 0 Å². The highest BCUT2D eigenvalue weighted by Crippen LogP contribution is 2.29. The average molecular weight is 514 g/mol. The van der Waals surface area contributed by atoms with E-state index in [9.17, 15) is 22.8 Å². The molecule has 4 nitrogen and oxygen atoms in total. The fourth-order valence-electron chi connectivity index (χ4n) is 4.12. The Balaban J connectivity index is 2.01. The number of halogens is 3. The van der Waals surface area contributed by atoms with Crippen molar-refractivity contribution in [2.24, 2.45) is 0 Å². The number of hydrogen-bond donors (Lipinski definition) is 1. The van der Waals surface area contributed by atoms with E-state index in [0.29, 0.717) is 0 Å². The molecule has 0 unspecified atom stereocenters. The molecule has 36 heavy (non-hydrogen) atoms. The third-order valence-corrected chi connectivity index (χ3v) is 6.40. The number of unbranched alkanes of at least 4 members (excludes halogenated alkanes) is 15. The maximum atomic E-state index is 12.8. The molecule has 206 valence electrons. The van der Waals surface area contributed by atoms with Crippen LogP contribution in [0.15, 0.2) is 24.3 Å². The van der Waals surface area contributed by atoms with Gasteiger partial charge in [0.1, 0.15) is 6.04 Å². The molecule has 0 aliphatic carbocycles. The standard InChI is InChI=1S/C29H46F3NO3/c1-3-4-5-6-7-8-9-10-11-12-13-14-15-16-17-18-22-36-28(35)24(2)33-27(34)25-20-19-21-26(23-25)29(30,31)32/h19-21,23-24H,3-18,22H2,1-2H3,(H,33,34)/t24-/m0/s1. The summed E-state index contributed by atoms with van der Waals surface area (Å²) in [6.07, 6.45) is 15.7. The van der Waals surface area contributed by atoms with E-state index in [-0.39, 0.29) is 12.2 Å². The van der Waals surface area contributed by atoms with Gasteiger partial charge in [0, 0.05) is 5.56 Å². The van der Waals surface area contributed by atoms with Crippen molar-refractivity contribution in [2.45, 2.75) is 129 Å². The predicted octanol–water partition coefficient (Wildman–Crippen LogP) is 8.63. The zero-order valence-electron chi connectivity index (χ0n) is 22.3. The summed E-state index contributed by atoms with van der Waals surface area (Å²) in [5, 5.41) is 2.40. The lowest BCUT2D eigenvalue weighted by Gasteiger charge is -2.14. The van der Waals surface area contributed by atoms with Gasteiger partial charge in [-0.15, -0.1) is 0 Å². The highest BCUT2D eigenvalue weighted by molar-refractivity contribution is 5.96. The lowest BCUT2D eigenvalue weighted by atomic mass is 10.0. The van der Waals surface area contributed by atoms with E-state index in [1.807, 2.05) is 0 Å². The van der Waals surface area contributed by atoms with Crippen LogP contribution in [0.5, 0.6) is 0 Å². The quantitative estimate of drug-likeness (QED) is 0.140. The second-order valence-electron chi connectivity index (χ2n) is 9.74. The van der Waals surface area contributed by atoms with Gasteiger partial charge in [-0.1, -0.05) is 109 Å². The summed E-state index contributed by atoms with van der Waals surface area (Å²) in [6, 6.07) is 3.17. The van der Waals surface area contributed by atoms with Crippen LogP contribution in [0, 0.1) is 0 Å². The minimum Gasteiger partial charge on any atom is -0.464 e. The van der Waals surface area contributed by atoms with Crippen molar-refractivity contribution in [1.29, 1.82) is 0 Å². The van der Waals surface area contributed by atoms with Gasteiger partial charge in [-0.3, -0.25) is 4.79 Å². The molecular weight excluding hydrogens is 467 g/mol. The molecule has 0 radical (unpaired) electrons. The first-order valence-electron chi connectivity index (χ1n) is 13.9. The normalized spacial score (nSPS) is 12.4. The Labute approximate surface area is 215 Å². The molecule has 7 heteroatoms. The van der Waals surface area contributed by atoms with Gasteiger partial charge in [0.15, 0.2) is 0 Å². The minimum atomic E-state index is -4.53. The van der Waals surface area contributed by atoms with Gasteiger partial charge >= 0.3 is 12.1 Å². The number of nitrogens with one attached hydrogen (secondary N) is 1. The van der Waals surface area contributed by atoms with Crippen LogP contribution in [0.25, 0.3) is 0 Å². The first-order valence-corrected chi connectivity index (χ1v) is 13.9. The van der Waals surface area contributed by atoms with Gasteiger partial charge in [0.05, 0.1) is 12.2 Å². The topological polar surface area (TPSA) is 55.4 Å². The molecule has 1 aromatic carbocycles. The number of ether oxygens (including phenoxy) is 1. The third kappa shape index (κ3) is 15.1. The van der Waals surface area contributed by atoms with Crippen LogP contribution < -0.4 is 5.32 Å². The maximum Gasteiger partial charge on any atom is 0.416 e. The van der Waals surface area contributed by atoms with Crippen molar-refractivity contribution < 1.29 is 27.5 Å². The van der Waals surface area contributed by atoms with E-state index in [2.05, 4.69) is 12.2 Å². The van der Waals surface area contributed by atoms with E-state index in [1.54, 1.807) is 0 Å². The van der Waals surface area contributed by atoms with Gasteiger partial charge in [-0.25, -0.2) is 4.79 Å². The SMILES string of the molecule is CCCCCCCCCCCCCCCCCCOC(=O)[C@H](C)NC(=O)c1cccc(C(F)(F)F)c1. The maximum absolute atomic E-state index is 12.8. The van der Waals surface area contributed by atoms with Crippen molar-refractivity contribution in [3.63, 3.8) is 0 Å². The Morgan fingerprint density at radius 3 is 1.75 bits per heavy atom. The molecule has 0 aromatic heterocycles. The molecule has 0 aliphatic heterocycles. The minimum absolute atomic E-state index is 0.151. The lowest BCUT2D eigenvalue weighted by Crippen LogP contribution is -2.39. The molecule has 0 saturated heterocycles. The first kappa shape index (κ1) is 32.0. The first-order chi connectivity index (χ1) is 17.3. The van der Waals surface area contributed by atoms with Crippen LogP contribution in [-0.4, -0.2) is 24.5 Å². The lowest BCUT2D eigenvalue weighted by molar-refractivity contribution is -0.145. The molecule has 0 aliphatic rings. The summed E-state index contributed by atoms with van der Waals surface area (Å²) in [6.45, 7) is 3.99. The number of amides is 1. The third-order valence-electron chi connectivity index (χ3n) is 6.40. The Hall–Kier alpha value is -2.05. The van der Waals surface area contributed by atoms with Crippen LogP contribution >= 0.6 is 0 Å².